The molecule has 3 fully saturated rings. The van der Waals surface area contributed by atoms with Gasteiger partial charge >= 0.3 is 6.03 Å². The molecule has 0 aromatic heterocycles. The van der Waals surface area contributed by atoms with Crippen molar-refractivity contribution in [3.63, 3.8) is 0 Å². The number of amides is 3. The Morgan fingerprint density at radius 2 is 1.88 bits per heavy atom. The predicted octanol–water partition coefficient (Wildman–Crippen LogP) is 2.34. The minimum atomic E-state index is -0.276. The molecule has 6 heteroatoms. The van der Waals surface area contributed by atoms with E-state index >= 15 is 0 Å². The Balaban J connectivity index is 1.35. The third kappa shape index (κ3) is 3.37. The normalized spacial score (nSPS) is 24.8. The summed E-state index contributed by atoms with van der Waals surface area (Å²) in [4.78, 5) is 26.2. The van der Waals surface area contributed by atoms with Crippen molar-refractivity contribution in [2.24, 2.45) is 5.92 Å². The van der Waals surface area contributed by atoms with E-state index in [-0.39, 0.29) is 29.8 Å². The standard InChI is InChI=1S/C18H22FN3O2/c19-13-5-3-12(4-6-13)17(11-1-2-11)21-18(24)20-14-9-16(23)22(10-14)15-7-8-15/h3-6,11,14-15,17H,1-2,7-10H2,(H2,20,21,24). The molecule has 2 unspecified atom stereocenters. The Labute approximate surface area is 140 Å². The van der Waals surface area contributed by atoms with Gasteiger partial charge in [-0.25, -0.2) is 9.18 Å². The lowest BCUT2D eigenvalue weighted by Gasteiger charge is -2.21. The van der Waals surface area contributed by atoms with Crippen LogP contribution < -0.4 is 10.6 Å². The number of benzene rings is 1. The molecular weight excluding hydrogens is 309 g/mol. The maximum Gasteiger partial charge on any atom is 0.315 e. The van der Waals surface area contributed by atoms with Crippen LogP contribution in [0.15, 0.2) is 24.3 Å². The average molecular weight is 331 g/mol. The van der Waals surface area contributed by atoms with Crippen LogP contribution in [0.25, 0.3) is 0 Å². The monoisotopic (exact) mass is 331 g/mol. The Morgan fingerprint density at radius 1 is 1.17 bits per heavy atom. The van der Waals surface area contributed by atoms with Gasteiger partial charge in [-0.3, -0.25) is 4.79 Å². The lowest BCUT2D eigenvalue weighted by atomic mass is 10.0. The third-order valence-corrected chi connectivity index (χ3v) is 5.09. The van der Waals surface area contributed by atoms with Crippen molar-refractivity contribution in [1.82, 2.24) is 15.5 Å². The zero-order chi connectivity index (χ0) is 16.7. The van der Waals surface area contributed by atoms with Gasteiger partial charge in [0.15, 0.2) is 0 Å². The van der Waals surface area contributed by atoms with Crippen LogP contribution in [0.5, 0.6) is 0 Å². The van der Waals surface area contributed by atoms with E-state index in [0.717, 1.165) is 31.2 Å². The molecule has 0 bridgehead atoms. The highest BCUT2D eigenvalue weighted by Gasteiger charge is 2.40. The number of carbonyl (C=O) groups excluding carboxylic acids is 2. The summed E-state index contributed by atoms with van der Waals surface area (Å²) in [5.74, 6) is 0.275. The number of carbonyl (C=O) groups is 2. The second-order valence-corrected chi connectivity index (χ2v) is 7.16. The Hall–Kier alpha value is -2.11. The number of halogens is 1. The van der Waals surface area contributed by atoms with E-state index in [4.69, 9.17) is 0 Å². The number of likely N-dealkylation sites (tertiary alicyclic amines) is 1. The van der Waals surface area contributed by atoms with E-state index in [9.17, 15) is 14.0 Å². The first-order chi connectivity index (χ1) is 11.6. The SMILES string of the molecule is O=C(NC1CC(=O)N(C2CC2)C1)NC(c1ccc(F)cc1)C1CC1. The molecule has 2 N–H and O–H groups in total. The predicted molar refractivity (Wildman–Crippen MR) is 86.7 cm³/mol. The van der Waals surface area contributed by atoms with Crippen LogP contribution in [0.3, 0.4) is 0 Å². The quantitative estimate of drug-likeness (QED) is 0.870. The van der Waals surface area contributed by atoms with Gasteiger partial charge in [0.05, 0.1) is 12.1 Å². The summed E-state index contributed by atoms with van der Waals surface area (Å²) in [6, 6.07) is 6.24. The molecule has 0 radical (unpaired) electrons. The van der Waals surface area contributed by atoms with Crippen molar-refractivity contribution in [1.29, 1.82) is 0 Å². The molecular formula is C18H22FN3O2. The van der Waals surface area contributed by atoms with Crippen molar-refractivity contribution in [2.75, 3.05) is 6.54 Å². The minimum absolute atomic E-state index is 0.0951. The van der Waals surface area contributed by atoms with Crippen LogP contribution in [0.1, 0.15) is 43.7 Å². The first-order valence-electron chi connectivity index (χ1n) is 8.72. The molecule has 4 rings (SSSR count). The molecule has 1 aromatic rings. The third-order valence-electron chi connectivity index (χ3n) is 5.09. The summed E-state index contributed by atoms with van der Waals surface area (Å²) in [6.45, 7) is 0.613. The van der Waals surface area contributed by atoms with Crippen LogP contribution in [0, 0.1) is 11.7 Å². The van der Waals surface area contributed by atoms with Crippen LogP contribution >= 0.6 is 0 Å². The smallest absolute Gasteiger partial charge is 0.315 e. The molecule has 1 aliphatic heterocycles. The molecule has 3 aliphatic rings. The number of nitrogens with zero attached hydrogens (tertiary/aromatic N) is 1. The largest absolute Gasteiger partial charge is 0.338 e. The molecule has 2 saturated carbocycles. The minimum Gasteiger partial charge on any atom is -0.338 e. The van der Waals surface area contributed by atoms with Gasteiger partial charge in [0.2, 0.25) is 5.91 Å². The molecule has 24 heavy (non-hydrogen) atoms. The van der Waals surface area contributed by atoms with Crippen LogP contribution in [-0.2, 0) is 4.79 Å². The second kappa shape index (κ2) is 6.07. The summed E-state index contributed by atoms with van der Waals surface area (Å²) in [5.41, 5.74) is 0.927. The van der Waals surface area contributed by atoms with E-state index in [0.29, 0.717) is 24.9 Å². The second-order valence-electron chi connectivity index (χ2n) is 7.16. The van der Waals surface area contributed by atoms with E-state index < -0.39 is 0 Å². The molecule has 5 nitrogen and oxygen atoms in total. The molecule has 3 amide bonds. The van der Waals surface area contributed by atoms with Crippen molar-refractivity contribution in [3.8, 4) is 0 Å². The topological polar surface area (TPSA) is 61.4 Å². The highest BCUT2D eigenvalue weighted by molar-refractivity contribution is 5.82. The molecule has 1 aromatic carbocycles. The van der Waals surface area contributed by atoms with Gasteiger partial charge in [-0.1, -0.05) is 12.1 Å². The fraction of sp³-hybridized carbons (Fsp3) is 0.556. The fourth-order valence-corrected chi connectivity index (χ4v) is 3.51. The Bertz CT molecular complexity index is 640. The molecule has 2 atom stereocenters. The maximum atomic E-state index is 13.1. The van der Waals surface area contributed by atoms with E-state index in [2.05, 4.69) is 10.6 Å². The molecule has 1 heterocycles. The van der Waals surface area contributed by atoms with Gasteiger partial charge in [0.1, 0.15) is 5.82 Å². The number of nitrogens with one attached hydrogen (secondary N) is 2. The van der Waals surface area contributed by atoms with E-state index in [1.54, 1.807) is 12.1 Å². The Kier molecular flexibility index (Phi) is 3.90. The summed E-state index contributed by atoms with van der Waals surface area (Å²) in [7, 11) is 0. The number of hydrogen-bond acceptors (Lipinski definition) is 2. The highest BCUT2D eigenvalue weighted by Crippen LogP contribution is 2.41. The van der Waals surface area contributed by atoms with Crippen LogP contribution in [-0.4, -0.2) is 35.5 Å². The molecule has 0 spiro atoms. The average Bonchev–Trinajstić information content (AvgIpc) is 3.45. The number of urea groups is 1. The molecule has 2 aliphatic carbocycles. The van der Waals surface area contributed by atoms with Crippen LogP contribution in [0.2, 0.25) is 0 Å². The summed E-state index contributed by atoms with van der Waals surface area (Å²) < 4.78 is 13.1. The van der Waals surface area contributed by atoms with Crippen molar-refractivity contribution in [3.05, 3.63) is 35.6 Å². The van der Waals surface area contributed by atoms with Gasteiger partial charge in [-0.2, -0.15) is 0 Å². The lowest BCUT2D eigenvalue weighted by Crippen LogP contribution is -2.45. The van der Waals surface area contributed by atoms with Gasteiger partial charge in [0.25, 0.3) is 0 Å². The summed E-state index contributed by atoms with van der Waals surface area (Å²) in [5, 5.41) is 5.94. The zero-order valence-corrected chi connectivity index (χ0v) is 13.5. The zero-order valence-electron chi connectivity index (χ0n) is 13.5. The first-order valence-corrected chi connectivity index (χ1v) is 8.72. The van der Waals surface area contributed by atoms with E-state index in [1.807, 2.05) is 4.90 Å². The molecule has 128 valence electrons. The van der Waals surface area contributed by atoms with E-state index in [1.165, 1.54) is 12.1 Å². The fourth-order valence-electron chi connectivity index (χ4n) is 3.51. The summed E-state index contributed by atoms with van der Waals surface area (Å²) >= 11 is 0. The lowest BCUT2D eigenvalue weighted by molar-refractivity contribution is -0.128. The van der Waals surface area contributed by atoms with Gasteiger partial charge in [-0.05, 0) is 49.3 Å². The van der Waals surface area contributed by atoms with Gasteiger partial charge in [0, 0.05) is 19.0 Å². The van der Waals surface area contributed by atoms with Gasteiger partial charge in [-0.15, -0.1) is 0 Å². The van der Waals surface area contributed by atoms with Gasteiger partial charge < -0.3 is 15.5 Å². The van der Waals surface area contributed by atoms with Crippen molar-refractivity contribution in [2.45, 2.75) is 50.2 Å². The molecule has 1 saturated heterocycles. The van der Waals surface area contributed by atoms with Crippen LogP contribution in [0.4, 0.5) is 9.18 Å². The Morgan fingerprint density at radius 3 is 2.50 bits per heavy atom. The van der Waals surface area contributed by atoms with Crippen molar-refractivity contribution >= 4 is 11.9 Å². The highest BCUT2D eigenvalue weighted by atomic mass is 19.1. The summed E-state index contributed by atoms with van der Waals surface area (Å²) in [6.07, 6.45) is 4.69. The number of rotatable bonds is 5. The number of hydrogen-bond donors (Lipinski definition) is 2. The van der Waals surface area contributed by atoms with Crippen molar-refractivity contribution < 1.29 is 14.0 Å². The first kappa shape index (κ1) is 15.4. The maximum absolute atomic E-state index is 13.1.